The smallest absolute Gasteiger partial charge is 0.313 e. The fourth-order valence-corrected chi connectivity index (χ4v) is 5.24. The molecule has 2 saturated heterocycles. The number of ether oxygens (including phenoxy) is 1. The Morgan fingerprint density at radius 1 is 1.28 bits per heavy atom. The van der Waals surface area contributed by atoms with Gasteiger partial charge in [0.2, 0.25) is 10.0 Å². The Hall–Kier alpha value is -0.700. The summed E-state index contributed by atoms with van der Waals surface area (Å²) in [5, 5.41) is 0. The molecule has 25 heavy (non-hydrogen) atoms. The van der Waals surface area contributed by atoms with Crippen molar-refractivity contribution in [2.45, 2.75) is 26.7 Å². The first-order valence-electron chi connectivity index (χ1n) is 9.27. The van der Waals surface area contributed by atoms with Crippen LogP contribution in [0.5, 0.6) is 0 Å². The summed E-state index contributed by atoms with van der Waals surface area (Å²) in [4.78, 5) is 17.3. The number of sulfonamides is 1. The molecule has 0 N–H and O–H groups in total. The molecule has 2 rings (SSSR count). The molecular weight excluding hydrogens is 342 g/mol. The van der Waals surface area contributed by atoms with E-state index in [9.17, 15) is 13.2 Å². The Morgan fingerprint density at radius 3 is 2.60 bits per heavy atom. The van der Waals surface area contributed by atoms with E-state index in [1.165, 1.54) is 0 Å². The maximum absolute atomic E-state index is 12.8. The normalized spacial score (nSPS) is 28.8. The number of hydrogen-bond donors (Lipinski definition) is 0. The molecule has 2 aliphatic heterocycles. The first kappa shape index (κ1) is 20.6. The van der Waals surface area contributed by atoms with E-state index in [4.69, 9.17) is 4.74 Å². The first-order valence-corrected chi connectivity index (χ1v) is 10.9. The summed E-state index contributed by atoms with van der Waals surface area (Å²) < 4.78 is 31.8. The molecule has 2 atom stereocenters. The standard InChI is InChI=1S/C17H33N3O4S/c1-5-24-16(21)17-8-7-9-20(25(22,23)6-2)13-15(17)12-19(14-17)11-10-18(3)4/h15H,5-14H2,1-4H3/t15-,17-/m0/s1. The van der Waals surface area contributed by atoms with Gasteiger partial charge in [-0.25, -0.2) is 12.7 Å². The molecule has 0 amide bonds. The number of rotatable bonds is 7. The number of carbonyl (C=O) groups is 1. The van der Waals surface area contributed by atoms with Gasteiger partial charge < -0.3 is 14.5 Å². The highest BCUT2D eigenvalue weighted by Crippen LogP contribution is 2.44. The molecule has 0 aromatic carbocycles. The second-order valence-electron chi connectivity index (χ2n) is 7.47. The number of likely N-dealkylation sites (tertiary alicyclic amines) is 1. The number of fused-ring (bicyclic) bond motifs is 1. The molecule has 0 saturated carbocycles. The number of hydrogen-bond acceptors (Lipinski definition) is 6. The van der Waals surface area contributed by atoms with Gasteiger partial charge in [0.05, 0.1) is 17.8 Å². The Bertz CT molecular complexity index is 566. The van der Waals surface area contributed by atoms with Crippen LogP contribution < -0.4 is 0 Å². The van der Waals surface area contributed by atoms with Crippen LogP contribution >= 0.6 is 0 Å². The van der Waals surface area contributed by atoms with Crippen LogP contribution in [-0.4, -0.2) is 94.2 Å². The highest BCUT2D eigenvalue weighted by molar-refractivity contribution is 7.89. The zero-order chi connectivity index (χ0) is 18.7. The third-order valence-electron chi connectivity index (χ3n) is 5.52. The van der Waals surface area contributed by atoms with Gasteiger partial charge in [0.1, 0.15) is 0 Å². The molecule has 0 spiro atoms. The van der Waals surface area contributed by atoms with Crippen LogP contribution in [0, 0.1) is 11.3 Å². The largest absolute Gasteiger partial charge is 0.466 e. The van der Waals surface area contributed by atoms with Gasteiger partial charge in [-0.05, 0) is 40.8 Å². The van der Waals surface area contributed by atoms with Crippen molar-refractivity contribution in [3.8, 4) is 0 Å². The summed E-state index contributed by atoms with van der Waals surface area (Å²) in [5.74, 6) is -0.0446. The number of likely N-dealkylation sites (N-methyl/N-ethyl adjacent to an activating group) is 1. The van der Waals surface area contributed by atoms with E-state index in [2.05, 4.69) is 9.80 Å². The third-order valence-corrected chi connectivity index (χ3v) is 7.37. The summed E-state index contributed by atoms with van der Waals surface area (Å²) in [6, 6.07) is 0. The topological polar surface area (TPSA) is 70.2 Å². The minimum atomic E-state index is -3.24. The van der Waals surface area contributed by atoms with E-state index in [0.29, 0.717) is 39.1 Å². The number of esters is 1. The fourth-order valence-electron chi connectivity index (χ4n) is 4.06. The molecule has 8 heteroatoms. The SMILES string of the molecule is CCOC(=O)[C@]12CCCN(S(=O)(=O)CC)C[C@@H]1CN(CCN(C)C)C2. The summed E-state index contributed by atoms with van der Waals surface area (Å²) in [5.41, 5.74) is -0.569. The van der Waals surface area contributed by atoms with Gasteiger partial charge in [-0.3, -0.25) is 4.79 Å². The van der Waals surface area contributed by atoms with Gasteiger partial charge in [0.15, 0.2) is 0 Å². The maximum atomic E-state index is 12.8. The van der Waals surface area contributed by atoms with Crippen LogP contribution in [0.2, 0.25) is 0 Å². The minimum Gasteiger partial charge on any atom is -0.466 e. The lowest BCUT2D eigenvalue weighted by Crippen LogP contribution is -2.43. The van der Waals surface area contributed by atoms with Crippen molar-refractivity contribution in [1.29, 1.82) is 0 Å². The van der Waals surface area contributed by atoms with Crippen LogP contribution in [0.3, 0.4) is 0 Å². The van der Waals surface area contributed by atoms with Gasteiger partial charge in [0.25, 0.3) is 0 Å². The summed E-state index contributed by atoms with van der Waals surface area (Å²) >= 11 is 0. The lowest BCUT2D eigenvalue weighted by molar-refractivity contribution is -0.157. The molecule has 7 nitrogen and oxygen atoms in total. The van der Waals surface area contributed by atoms with Crippen LogP contribution in [0.1, 0.15) is 26.7 Å². The van der Waals surface area contributed by atoms with Crippen molar-refractivity contribution in [2.75, 3.05) is 65.7 Å². The highest BCUT2D eigenvalue weighted by atomic mass is 32.2. The molecule has 0 aliphatic carbocycles. The van der Waals surface area contributed by atoms with Gasteiger partial charge >= 0.3 is 5.97 Å². The van der Waals surface area contributed by atoms with Crippen molar-refractivity contribution >= 4 is 16.0 Å². The summed E-state index contributed by atoms with van der Waals surface area (Å²) in [6.45, 7) is 8.02. The van der Waals surface area contributed by atoms with Crippen molar-refractivity contribution < 1.29 is 17.9 Å². The van der Waals surface area contributed by atoms with E-state index in [0.717, 1.165) is 19.6 Å². The second-order valence-corrected chi connectivity index (χ2v) is 9.73. The molecular formula is C17H33N3O4S. The Balaban J connectivity index is 2.24. The zero-order valence-corrected chi connectivity index (χ0v) is 16.8. The average Bonchev–Trinajstić information content (AvgIpc) is 2.80. The summed E-state index contributed by atoms with van der Waals surface area (Å²) in [6.07, 6.45) is 1.40. The van der Waals surface area contributed by atoms with Crippen molar-refractivity contribution in [2.24, 2.45) is 11.3 Å². The van der Waals surface area contributed by atoms with Crippen LogP contribution in [0.15, 0.2) is 0 Å². The maximum Gasteiger partial charge on any atom is 0.313 e. The van der Waals surface area contributed by atoms with Crippen LogP contribution in [0.25, 0.3) is 0 Å². The predicted molar refractivity (Wildman–Crippen MR) is 97.8 cm³/mol. The molecule has 2 fully saturated rings. The Kier molecular flexibility index (Phi) is 6.87. The number of nitrogens with zero attached hydrogens (tertiary/aromatic N) is 3. The predicted octanol–water partition coefficient (Wildman–Crippen LogP) is 0.475. The Labute approximate surface area is 152 Å². The molecule has 146 valence electrons. The van der Waals surface area contributed by atoms with E-state index in [1.54, 1.807) is 11.2 Å². The lowest BCUT2D eigenvalue weighted by atomic mass is 9.75. The van der Waals surface area contributed by atoms with Crippen molar-refractivity contribution in [1.82, 2.24) is 14.1 Å². The lowest BCUT2D eigenvalue weighted by Gasteiger charge is -2.31. The second kappa shape index (κ2) is 8.33. The quantitative estimate of drug-likeness (QED) is 0.603. The molecule has 2 heterocycles. The van der Waals surface area contributed by atoms with Gasteiger partial charge in [0, 0.05) is 45.2 Å². The van der Waals surface area contributed by atoms with E-state index in [-0.39, 0.29) is 17.6 Å². The van der Waals surface area contributed by atoms with Crippen molar-refractivity contribution in [3.05, 3.63) is 0 Å². The summed E-state index contributed by atoms with van der Waals surface area (Å²) in [7, 11) is 0.828. The van der Waals surface area contributed by atoms with Crippen LogP contribution in [-0.2, 0) is 19.6 Å². The Morgan fingerprint density at radius 2 is 2.00 bits per heavy atom. The average molecular weight is 376 g/mol. The number of carbonyl (C=O) groups excluding carboxylic acids is 1. The van der Waals surface area contributed by atoms with E-state index >= 15 is 0 Å². The molecule has 0 radical (unpaired) electrons. The van der Waals surface area contributed by atoms with Gasteiger partial charge in [-0.2, -0.15) is 0 Å². The molecule has 0 aromatic heterocycles. The van der Waals surface area contributed by atoms with Crippen molar-refractivity contribution in [3.63, 3.8) is 0 Å². The van der Waals surface area contributed by atoms with E-state index in [1.807, 2.05) is 21.0 Å². The fraction of sp³-hybridized carbons (Fsp3) is 0.941. The minimum absolute atomic E-state index is 0.00228. The zero-order valence-electron chi connectivity index (χ0n) is 16.0. The van der Waals surface area contributed by atoms with Gasteiger partial charge in [-0.15, -0.1) is 0 Å². The first-order chi connectivity index (χ1) is 11.7. The monoisotopic (exact) mass is 375 g/mol. The van der Waals surface area contributed by atoms with Crippen LogP contribution in [0.4, 0.5) is 0 Å². The highest BCUT2D eigenvalue weighted by Gasteiger charge is 2.54. The third kappa shape index (κ3) is 4.53. The molecule has 2 aliphatic rings. The van der Waals surface area contributed by atoms with Gasteiger partial charge in [-0.1, -0.05) is 0 Å². The molecule has 0 bridgehead atoms. The molecule has 0 aromatic rings. The van der Waals surface area contributed by atoms with E-state index < -0.39 is 15.4 Å². The molecule has 0 unspecified atom stereocenters.